The van der Waals surface area contributed by atoms with Gasteiger partial charge in [0.2, 0.25) is 5.91 Å². The van der Waals surface area contributed by atoms with Crippen molar-refractivity contribution >= 4 is 11.9 Å². The minimum absolute atomic E-state index is 0.0616. The molecule has 0 spiro atoms. The minimum Gasteiger partial charge on any atom is -0.480 e. The molecule has 4 heteroatoms. The number of carbonyl (C=O) groups excluding carboxylic acids is 1. The van der Waals surface area contributed by atoms with Crippen LogP contribution in [0.25, 0.3) is 0 Å². The fraction of sp³-hybridized carbons (Fsp3) is 0.364. The van der Waals surface area contributed by atoms with Gasteiger partial charge in [-0.15, -0.1) is 0 Å². The molecule has 2 aromatic rings. The van der Waals surface area contributed by atoms with Crippen molar-refractivity contribution in [1.29, 1.82) is 0 Å². The van der Waals surface area contributed by atoms with Gasteiger partial charge in [0.1, 0.15) is 6.54 Å². The number of aryl methyl sites for hydroxylation is 2. The predicted octanol–water partition coefficient (Wildman–Crippen LogP) is 3.95. The van der Waals surface area contributed by atoms with Crippen LogP contribution >= 0.6 is 0 Å². The third kappa shape index (κ3) is 7.51. The first-order chi connectivity index (χ1) is 12.6. The Bertz CT molecular complexity index is 670. The van der Waals surface area contributed by atoms with Crippen LogP contribution < -0.4 is 0 Å². The monoisotopic (exact) mass is 353 g/mol. The molecule has 0 saturated heterocycles. The summed E-state index contributed by atoms with van der Waals surface area (Å²) in [5.74, 6) is -1.02. The van der Waals surface area contributed by atoms with Gasteiger partial charge in [0, 0.05) is 13.0 Å². The molecule has 2 rings (SSSR count). The lowest BCUT2D eigenvalue weighted by atomic mass is 10.1. The first kappa shape index (κ1) is 19.7. The summed E-state index contributed by atoms with van der Waals surface area (Å²) >= 11 is 0. The summed E-state index contributed by atoms with van der Waals surface area (Å²) in [6.45, 7) is 0.269. The number of benzene rings is 2. The van der Waals surface area contributed by atoms with Crippen LogP contribution in [0.1, 0.15) is 36.8 Å². The van der Waals surface area contributed by atoms with Crippen molar-refractivity contribution in [3.8, 4) is 0 Å². The first-order valence-electron chi connectivity index (χ1n) is 9.22. The molecule has 0 aliphatic carbocycles. The van der Waals surface area contributed by atoms with E-state index in [2.05, 4.69) is 12.1 Å². The highest BCUT2D eigenvalue weighted by Gasteiger charge is 2.16. The van der Waals surface area contributed by atoms with Crippen molar-refractivity contribution in [3.63, 3.8) is 0 Å². The van der Waals surface area contributed by atoms with Gasteiger partial charge in [0.15, 0.2) is 0 Å². The molecule has 0 atom stereocenters. The van der Waals surface area contributed by atoms with Crippen molar-refractivity contribution in [2.75, 3.05) is 13.1 Å². The number of rotatable bonds is 11. The van der Waals surface area contributed by atoms with Crippen molar-refractivity contribution in [1.82, 2.24) is 4.90 Å². The molecular weight excluding hydrogens is 326 g/mol. The summed E-state index contributed by atoms with van der Waals surface area (Å²) in [7, 11) is 0. The number of carboxylic acid groups (broad SMARTS) is 1. The molecule has 0 aromatic heterocycles. The number of carboxylic acids is 1. The van der Waals surface area contributed by atoms with Crippen LogP contribution in [0.4, 0.5) is 0 Å². The van der Waals surface area contributed by atoms with Gasteiger partial charge in [-0.3, -0.25) is 9.59 Å². The molecule has 1 amide bonds. The molecule has 0 heterocycles. The molecule has 0 saturated carbocycles. The Kier molecular flexibility index (Phi) is 8.40. The topological polar surface area (TPSA) is 57.6 Å². The Hall–Kier alpha value is -2.62. The molecule has 138 valence electrons. The summed E-state index contributed by atoms with van der Waals surface area (Å²) in [5.41, 5.74) is 2.48. The maximum atomic E-state index is 12.4. The highest BCUT2D eigenvalue weighted by Crippen LogP contribution is 2.09. The third-order valence-electron chi connectivity index (χ3n) is 4.36. The Morgan fingerprint density at radius 1 is 0.769 bits per heavy atom. The maximum Gasteiger partial charge on any atom is 0.323 e. The summed E-state index contributed by atoms with van der Waals surface area (Å²) in [5, 5.41) is 9.08. The Morgan fingerprint density at radius 3 is 1.85 bits per heavy atom. The van der Waals surface area contributed by atoms with Gasteiger partial charge in [-0.05, 0) is 43.2 Å². The first-order valence-corrected chi connectivity index (χ1v) is 9.22. The van der Waals surface area contributed by atoms with E-state index in [1.807, 2.05) is 48.5 Å². The Labute approximate surface area is 155 Å². The second-order valence-corrected chi connectivity index (χ2v) is 6.49. The number of aliphatic carboxylic acids is 1. The van der Waals surface area contributed by atoms with Crippen LogP contribution in [0.15, 0.2) is 60.7 Å². The number of unbranched alkanes of at least 4 members (excludes halogenated alkanes) is 1. The predicted molar refractivity (Wildman–Crippen MR) is 103 cm³/mol. The van der Waals surface area contributed by atoms with E-state index in [-0.39, 0.29) is 12.5 Å². The zero-order valence-corrected chi connectivity index (χ0v) is 15.1. The summed E-state index contributed by atoms with van der Waals surface area (Å²) in [6.07, 6.45) is 4.68. The highest BCUT2D eigenvalue weighted by molar-refractivity contribution is 5.81. The van der Waals surface area contributed by atoms with E-state index in [9.17, 15) is 9.59 Å². The smallest absolute Gasteiger partial charge is 0.323 e. The standard InChI is InChI=1S/C22H27NO3/c24-21(16-8-7-14-19-10-3-1-4-11-19)23(18-22(25)26)17-9-15-20-12-5-2-6-13-20/h1-6,10-13H,7-9,14-18H2,(H,25,26). The molecule has 0 aliphatic rings. The van der Waals surface area contributed by atoms with Crippen molar-refractivity contribution in [2.45, 2.75) is 38.5 Å². The zero-order chi connectivity index (χ0) is 18.6. The van der Waals surface area contributed by atoms with Crippen LogP contribution in [0.2, 0.25) is 0 Å². The van der Waals surface area contributed by atoms with Crippen molar-refractivity contribution < 1.29 is 14.7 Å². The molecule has 4 nitrogen and oxygen atoms in total. The Balaban J connectivity index is 1.73. The van der Waals surface area contributed by atoms with E-state index < -0.39 is 5.97 Å². The lowest BCUT2D eigenvalue weighted by Crippen LogP contribution is -2.36. The fourth-order valence-electron chi connectivity index (χ4n) is 2.98. The largest absolute Gasteiger partial charge is 0.480 e. The van der Waals surface area contributed by atoms with Gasteiger partial charge in [-0.1, -0.05) is 60.7 Å². The summed E-state index contributed by atoms with van der Waals surface area (Å²) < 4.78 is 0. The molecular formula is C22H27NO3. The number of amides is 1. The van der Waals surface area contributed by atoms with Crippen molar-refractivity contribution in [3.05, 3.63) is 71.8 Å². The molecule has 0 radical (unpaired) electrons. The lowest BCUT2D eigenvalue weighted by molar-refractivity contribution is -0.144. The van der Waals surface area contributed by atoms with E-state index in [1.165, 1.54) is 16.0 Å². The van der Waals surface area contributed by atoms with E-state index in [4.69, 9.17) is 5.11 Å². The maximum absolute atomic E-state index is 12.4. The second-order valence-electron chi connectivity index (χ2n) is 6.49. The number of hydrogen-bond donors (Lipinski definition) is 1. The molecule has 0 bridgehead atoms. The van der Waals surface area contributed by atoms with Gasteiger partial charge < -0.3 is 10.0 Å². The molecule has 2 aromatic carbocycles. The van der Waals surface area contributed by atoms with Gasteiger partial charge in [0.25, 0.3) is 0 Å². The summed E-state index contributed by atoms with van der Waals surface area (Å²) in [6, 6.07) is 20.2. The molecule has 0 unspecified atom stereocenters. The molecule has 0 aliphatic heterocycles. The zero-order valence-electron chi connectivity index (χ0n) is 15.1. The second kappa shape index (κ2) is 11.1. The molecule has 1 N–H and O–H groups in total. The quantitative estimate of drug-likeness (QED) is 0.622. The SMILES string of the molecule is O=C(O)CN(CCCc1ccccc1)C(=O)CCCCc1ccccc1. The van der Waals surface area contributed by atoms with Gasteiger partial charge in [0.05, 0.1) is 0 Å². The molecule has 26 heavy (non-hydrogen) atoms. The van der Waals surface area contributed by atoms with Crippen LogP contribution in [0.3, 0.4) is 0 Å². The average Bonchev–Trinajstić information content (AvgIpc) is 2.65. The van der Waals surface area contributed by atoms with E-state index in [0.29, 0.717) is 13.0 Å². The van der Waals surface area contributed by atoms with Gasteiger partial charge in [-0.25, -0.2) is 0 Å². The van der Waals surface area contributed by atoms with Gasteiger partial charge in [-0.2, -0.15) is 0 Å². The highest BCUT2D eigenvalue weighted by atomic mass is 16.4. The van der Waals surface area contributed by atoms with Crippen LogP contribution in [0.5, 0.6) is 0 Å². The van der Waals surface area contributed by atoms with Crippen molar-refractivity contribution in [2.24, 2.45) is 0 Å². The van der Waals surface area contributed by atoms with E-state index in [0.717, 1.165) is 32.1 Å². The number of carbonyl (C=O) groups is 2. The van der Waals surface area contributed by atoms with Gasteiger partial charge >= 0.3 is 5.97 Å². The minimum atomic E-state index is -0.956. The third-order valence-corrected chi connectivity index (χ3v) is 4.36. The normalized spacial score (nSPS) is 10.5. The fourth-order valence-corrected chi connectivity index (χ4v) is 2.98. The number of nitrogens with zero attached hydrogens (tertiary/aromatic N) is 1. The molecule has 0 fully saturated rings. The lowest BCUT2D eigenvalue weighted by Gasteiger charge is -2.20. The Morgan fingerprint density at radius 2 is 1.31 bits per heavy atom. The van der Waals surface area contributed by atoms with E-state index in [1.54, 1.807) is 0 Å². The number of hydrogen-bond acceptors (Lipinski definition) is 2. The average molecular weight is 353 g/mol. The van der Waals surface area contributed by atoms with E-state index >= 15 is 0 Å². The van der Waals surface area contributed by atoms with Crippen LogP contribution in [-0.2, 0) is 22.4 Å². The van der Waals surface area contributed by atoms with Crippen LogP contribution in [-0.4, -0.2) is 35.0 Å². The van der Waals surface area contributed by atoms with Crippen LogP contribution in [0, 0.1) is 0 Å². The summed E-state index contributed by atoms with van der Waals surface area (Å²) in [4.78, 5) is 24.9.